The molecule has 19 heavy (non-hydrogen) atoms. The van der Waals surface area contributed by atoms with Crippen LogP contribution in [-0.2, 0) is 0 Å². The summed E-state index contributed by atoms with van der Waals surface area (Å²) in [7, 11) is 1.59. The largest absolute Gasteiger partial charge is 0.495 e. The molecule has 1 amide bonds. The van der Waals surface area contributed by atoms with E-state index in [4.69, 9.17) is 4.74 Å². The fourth-order valence-electron chi connectivity index (χ4n) is 2.14. The molecule has 0 saturated carbocycles. The monoisotopic (exact) mass is 283 g/mol. The van der Waals surface area contributed by atoms with E-state index in [9.17, 15) is 4.79 Å². The SMILES string of the molecule is COc1ccsc1C(=O)NCCCN1CCNCC1. The molecule has 0 unspecified atom stereocenters. The van der Waals surface area contributed by atoms with Crippen LogP contribution in [0, 0.1) is 0 Å². The molecule has 1 aliphatic heterocycles. The van der Waals surface area contributed by atoms with Gasteiger partial charge < -0.3 is 20.3 Å². The average Bonchev–Trinajstić information content (AvgIpc) is 2.93. The molecule has 0 aromatic carbocycles. The lowest BCUT2D eigenvalue weighted by atomic mass is 10.3. The molecule has 2 N–H and O–H groups in total. The zero-order valence-corrected chi connectivity index (χ0v) is 12.1. The molecular weight excluding hydrogens is 262 g/mol. The number of carbonyl (C=O) groups is 1. The van der Waals surface area contributed by atoms with E-state index in [1.807, 2.05) is 11.4 Å². The van der Waals surface area contributed by atoms with Gasteiger partial charge in [0.1, 0.15) is 10.6 Å². The molecule has 0 radical (unpaired) electrons. The van der Waals surface area contributed by atoms with Gasteiger partial charge in [0, 0.05) is 32.7 Å². The molecule has 0 atom stereocenters. The Morgan fingerprint density at radius 2 is 2.32 bits per heavy atom. The first-order valence-corrected chi connectivity index (χ1v) is 7.52. The van der Waals surface area contributed by atoms with Crippen LogP contribution < -0.4 is 15.4 Å². The first kappa shape index (κ1) is 14.3. The number of thiophene rings is 1. The minimum Gasteiger partial charge on any atom is -0.495 e. The zero-order valence-electron chi connectivity index (χ0n) is 11.3. The van der Waals surface area contributed by atoms with Gasteiger partial charge in [0.2, 0.25) is 0 Å². The van der Waals surface area contributed by atoms with Crippen LogP contribution in [0.25, 0.3) is 0 Å². The summed E-state index contributed by atoms with van der Waals surface area (Å²) in [5.74, 6) is 0.622. The van der Waals surface area contributed by atoms with Crippen molar-refractivity contribution in [2.24, 2.45) is 0 Å². The van der Waals surface area contributed by atoms with Gasteiger partial charge in [0.15, 0.2) is 0 Å². The van der Waals surface area contributed by atoms with Crippen molar-refractivity contribution in [2.75, 3.05) is 46.4 Å². The number of carbonyl (C=O) groups excluding carboxylic acids is 1. The van der Waals surface area contributed by atoms with E-state index >= 15 is 0 Å². The van der Waals surface area contributed by atoms with Crippen LogP contribution in [0.1, 0.15) is 16.1 Å². The van der Waals surface area contributed by atoms with Crippen LogP contribution in [-0.4, -0.2) is 57.2 Å². The van der Waals surface area contributed by atoms with Gasteiger partial charge in [-0.2, -0.15) is 0 Å². The average molecular weight is 283 g/mol. The quantitative estimate of drug-likeness (QED) is 0.758. The highest BCUT2D eigenvalue weighted by Crippen LogP contribution is 2.23. The number of rotatable bonds is 6. The van der Waals surface area contributed by atoms with Crippen molar-refractivity contribution in [3.63, 3.8) is 0 Å². The van der Waals surface area contributed by atoms with Gasteiger partial charge in [-0.25, -0.2) is 0 Å². The molecule has 1 aromatic heterocycles. The summed E-state index contributed by atoms with van der Waals surface area (Å²) in [4.78, 5) is 15.0. The van der Waals surface area contributed by atoms with Crippen molar-refractivity contribution in [3.8, 4) is 5.75 Å². The smallest absolute Gasteiger partial charge is 0.265 e. The second-order valence-corrected chi connectivity index (χ2v) is 5.44. The molecule has 2 heterocycles. The van der Waals surface area contributed by atoms with Crippen molar-refractivity contribution in [3.05, 3.63) is 16.3 Å². The van der Waals surface area contributed by atoms with Gasteiger partial charge in [-0.1, -0.05) is 0 Å². The third kappa shape index (κ3) is 4.19. The Kier molecular flexibility index (Phi) is 5.62. The zero-order chi connectivity index (χ0) is 13.5. The van der Waals surface area contributed by atoms with Crippen molar-refractivity contribution < 1.29 is 9.53 Å². The van der Waals surface area contributed by atoms with E-state index < -0.39 is 0 Å². The Hall–Kier alpha value is -1.11. The molecule has 1 saturated heterocycles. The molecule has 1 aliphatic rings. The summed E-state index contributed by atoms with van der Waals surface area (Å²) < 4.78 is 5.14. The first-order valence-electron chi connectivity index (χ1n) is 6.64. The second kappa shape index (κ2) is 7.47. The Morgan fingerprint density at radius 1 is 1.53 bits per heavy atom. The predicted molar refractivity (Wildman–Crippen MR) is 77.1 cm³/mol. The highest BCUT2D eigenvalue weighted by molar-refractivity contribution is 7.12. The van der Waals surface area contributed by atoms with Gasteiger partial charge >= 0.3 is 0 Å². The highest BCUT2D eigenvalue weighted by atomic mass is 32.1. The van der Waals surface area contributed by atoms with Gasteiger partial charge in [0.25, 0.3) is 5.91 Å². The van der Waals surface area contributed by atoms with Crippen molar-refractivity contribution in [2.45, 2.75) is 6.42 Å². The minimum atomic E-state index is -0.0350. The summed E-state index contributed by atoms with van der Waals surface area (Å²) in [5.41, 5.74) is 0. The number of piperazine rings is 1. The number of methoxy groups -OCH3 is 1. The molecule has 6 heteroatoms. The standard InChI is InChI=1S/C13H21N3O2S/c1-18-11-3-10-19-12(11)13(17)15-4-2-7-16-8-5-14-6-9-16/h3,10,14H,2,4-9H2,1H3,(H,15,17). The van der Waals surface area contributed by atoms with E-state index in [1.54, 1.807) is 7.11 Å². The maximum atomic E-state index is 11.9. The third-order valence-corrected chi connectivity index (χ3v) is 4.10. The lowest BCUT2D eigenvalue weighted by Gasteiger charge is -2.27. The van der Waals surface area contributed by atoms with Gasteiger partial charge in [-0.15, -0.1) is 11.3 Å². The fourth-order valence-corrected chi connectivity index (χ4v) is 2.92. The lowest BCUT2D eigenvalue weighted by molar-refractivity contribution is 0.0952. The Bertz CT molecular complexity index is 402. The summed E-state index contributed by atoms with van der Waals surface area (Å²) in [6.45, 7) is 6.10. The first-order chi connectivity index (χ1) is 9.31. The maximum Gasteiger partial charge on any atom is 0.265 e. The molecule has 1 fully saturated rings. The molecule has 2 rings (SSSR count). The summed E-state index contributed by atoms with van der Waals surface area (Å²) in [6.07, 6.45) is 0.986. The van der Waals surface area contributed by atoms with Crippen molar-refractivity contribution >= 4 is 17.2 Å². The topological polar surface area (TPSA) is 53.6 Å². The van der Waals surface area contributed by atoms with E-state index in [-0.39, 0.29) is 5.91 Å². The summed E-state index contributed by atoms with van der Waals surface area (Å²) in [6, 6.07) is 1.82. The molecule has 0 aliphatic carbocycles. The number of ether oxygens (including phenoxy) is 1. The van der Waals surface area contributed by atoms with Crippen LogP contribution in [0.4, 0.5) is 0 Å². The van der Waals surface area contributed by atoms with Crippen molar-refractivity contribution in [1.29, 1.82) is 0 Å². The summed E-state index contributed by atoms with van der Waals surface area (Å²) >= 11 is 1.41. The predicted octanol–water partition coefficient (Wildman–Crippen LogP) is 0.782. The van der Waals surface area contributed by atoms with Crippen LogP contribution in [0.2, 0.25) is 0 Å². The van der Waals surface area contributed by atoms with Crippen molar-refractivity contribution in [1.82, 2.24) is 15.5 Å². The molecule has 5 nitrogen and oxygen atoms in total. The van der Waals surface area contributed by atoms with Gasteiger partial charge in [-0.3, -0.25) is 4.79 Å². The minimum absolute atomic E-state index is 0.0350. The Labute approximate surface area is 117 Å². The second-order valence-electron chi connectivity index (χ2n) is 4.52. The molecule has 0 bridgehead atoms. The maximum absolute atomic E-state index is 11.9. The molecule has 106 valence electrons. The van der Waals surface area contributed by atoms with Gasteiger partial charge in [0.05, 0.1) is 7.11 Å². The molecular formula is C13H21N3O2S. The van der Waals surface area contributed by atoms with E-state index in [0.29, 0.717) is 17.2 Å². The lowest BCUT2D eigenvalue weighted by Crippen LogP contribution is -2.44. The summed E-state index contributed by atoms with van der Waals surface area (Å²) in [5, 5.41) is 8.15. The third-order valence-electron chi connectivity index (χ3n) is 3.20. The van der Waals surface area contributed by atoms with Crippen LogP contribution in [0.5, 0.6) is 5.75 Å². The number of hydrogen-bond donors (Lipinski definition) is 2. The number of nitrogens with zero attached hydrogens (tertiary/aromatic N) is 1. The van der Waals surface area contributed by atoms with E-state index in [0.717, 1.165) is 39.1 Å². The highest BCUT2D eigenvalue weighted by Gasteiger charge is 2.13. The van der Waals surface area contributed by atoms with Crippen LogP contribution >= 0.6 is 11.3 Å². The number of nitrogens with one attached hydrogen (secondary N) is 2. The fraction of sp³-hybridized carbons (Fsp3) is 0.615. The van der Waals surface area contributed by atoms with Crippen LogP contribution in [0.15, 0.2) is 11.4 Å². The Morgan fingerprint density at radius 3 is 3.05 bits per heavy atom. The Balaban J connectivity index is 1.66. The van der Waals surface area contributed by atoms with Crippen LogP contribution in [0.3, 0.4) is 0 Å². The molecule has 0 spiro atoms. The van der Waals surface area contributed by atoms with E-state index in [2.05, 4.69) is 15.5 Å². The molecule has 1 aromatic rings. The van der Waals surface area contributed by atoms with Gasteiger partial charge in [-0.05, 0) is 24.4 Å². The van der Waals surface area contributed by atoms with E-state index in [1.165, 1.54) is 11.3 Å². The normalized spacial score (nSPS) is 16.3. The number of hydrogen-bond acceptors (Lipinski definition) is 5. The number of amides is 1.